The first kappa shape index (κ1) is 27.3. The maximum atomic E-state index is 13.2. The number of piperidine rings is 1. The molecule has 0 aliphatic carbocycles. The molecular weight excluding hydrogens is 547 g/mol. The Bertz CT molecular complexity index is 1330. The summed E-state index contributed by atoms with van der Waals surface area (Å²) in [6.07, 6.45) is 1.04. The van der Waals surface area contributed by atoms with Crippen LogP contribution in [0.1, 0.15) is 12.8 Å². The van der Waals surface area contributed by atoms with E-state index in [2.05, 4.69) is 10.2 Å². The van der Waals surface area contributed by atoms with Crippen molar-refractivity contribution < 1.29 is 21.6 Å². The van der Waals surface area contributed by atoms with Crippen molar-refractivity contribution in [2.24, 2.45) is 5.92 Å². The molecule has 2 aliphatic heterocycles. The van der Waals surface area contributed by atoms with Gasteiger partial charge in [-0.3, -0.25) is 4.79 Å². The average molecular weight is 576 g/mol. The summed E-state index contributed by atoms with van der Waals surface area (Å²) in [5, 5.41) is 3.10. The van der Waals surface area contributed by atoms with Gasteiger partial charge in [-0.05, 0) is 62.4 Å². The lowest BCUT2D eigenvalue weighted by Crippen LogP contribution is -2.47. The van der Waals surface area contributed by atoms with E-state index in [-0.39, 0.29) is 38.8 Å². The number of hydrogen-bond donors (Lipinski definition) is 1. The van der Waals surface area contributed by atoms with Crippen molar-refractivity contribution in [1.82, 2.24) is 13.5 Å². The molecule has 1 N–H and O–H groups in total. The number of sulfonamides is 2. The van der Waals surface area contributed by atoms with Gasteiger partial charge in [0.05, 0.1) is 15.8 Å². The summed E-state index contributed by atoms with van der Waals surface area (Å²) in [5.74, 6) is -0.901. The van der Waals surface area contributed by atoms with Crippen LogP contribution in [-0.2, 0) is 24.8 Å². The van der Waals surface area contributed by atoms with Crippen LogP contribution in [0, 0.1) is 5.92 Å². The lowest BCUT2D eigenvalue weighted by atomic mass is 9.99. The van der Waals surface area contributed by atoms with Gasteiger partial charge in [0.15, 0.2) is 0 Å². The Hall–Kier alpha value is -1.73. The highest BCUT2D eigenvalue weighted by molar-refractivity contribution is 7.89. The molecule has 0 aromatic heterocycles. The zero-order valence-corrected chi connectivity index (χ0v) is 22.9. The minimum atomic E-state index is -3.93. The van der Waals surface area contributed by atoms with Crippen molar-refractivity contribution in [3.63, 3.8) is 0 Å². The van der Waals surface area contributed by atoms with E-state index in [0.29, 0.717) is 44.7 Å². The zero-order chi connectivity index (χ0) is 26.1. The number of halogens is 2. The second-order valence-corrected chi connectivity index (χ2v) is 13.7. The Morgan fingerprint density at radius 3 is 2.22 bits per heavy atom. The van der Waals surface area contributed by atoms with E-state index in [1.165, 1.54) is 38.9 Å². The van der Waals surface area contributed by atoms with E-state index < -0.39 is 26.0 Å². The molecule has 36 heavy (non-hydrogen) atoms. The van der Waals surface area contributed by atoms with Crippen LogP contribution in [0.5, 0.6) is 0 Å². The first-order valence-corrected chi connectivity index (χ1v) is 15.2. The number of nitrogens with one attached hydrogen (secondary N) is 1. The maximum Gasteiger partial charge on any atom is 0.244 e. The van der Waals surface area contributed by atoms with E-state index in [4.69, 9.17) is 23.2 Å². The third-order valence-corrected chi connectivity index (χ3v) is 11.0. The molecular formula is C23H28Cl2N4O5S2. The standard InChI is InChI=1S/C23H28Cl2N4O5S2/c1-27-11-13-28(14-12-27)35(31,32)20-7-5-19(6-8-20)26-23(30)17-3-2-10-29(16-17)36(33,34)22-15-18(24)4-9-21(22)25/h4-9,15,17H,2-3,10-14,16H2,1H3,(H,26,30). The molecule has 0 saturated carbocycles. The van der Waals surface area contributed by atoms with Gasteiger partial charge in [-0.25, -0.2) is 16.8 Å². The van der Waals surface area contributed by atoms with Crippen molar-refractivity contribution >= 4 is 54.8 Å². The molecule has 1 amide bonds. The monoisotopic (exact) mass is 574 g/mol. The number of piperazine rings is 1. The third-order valence-electron chi connectivity index (χ3n) is 6.49. The number of carbonyl (C=O) groups excluding carboxylic acids is 1. The van der Waals surface area contributed by atoms with E-state index in [1.807, 2.05) is 7.05 Å². The van der Waals surface area contributed by atoms with Gasteiger partial charge in [-0.2, -0.15) is 8.61 Å². The van der Waals surface area contributed by atoms with E-state index in [9.17, 15) is 21.6 Å². The highest BCUT2D eigenvalue weighted by Gasteiger charge is 2.34. The maximum absolute atomic E-state index is 13.2. The molecule has 0 spiro atoms. The number of carbonyl (C=O) groups is 1. The highest BCUT2D eigenvalue weighted by atomic mass is 35.5. The number of anilines is 1. The summed E-state index contributed by atoms with van der Waals surface area (Å²) >= 11 is 12.1. The molecule has 196 valence electrons. The number of hydrogen-bond acceptors (Lipinski definition) is 6. The zero-order valence-electron chi connectivity index (χ0n) is 19.7. The van der Waals surface area contributed by atoms with Gasteiger partial charge >= 0.3 is 0 Å². The molecule has 1 atom stereocenters. The molecule has 2 aliphatic rings. The van der Waals surface area contributed by atoms with Crippen molar-refractivity contribution in [2.75, 3.05) is 51.6 Å². The minimum Gasteiger partial charge on any atom is -0.326 e. The molecule has 2 aromatic carbocycles. The van der Waals surface area contributed by atoms with Gasteiger partial charge in [-0.15, -0.1) is 0 Å². The van der Waals surface area contributed by atoms with Crippen LogP contribution in [0.15, 0.2) is 52.3 Å². The molecule has 4 rings (SSSR count). The predicted octanol–water partition coefficient (Wildman–Crippen LogP) is 2.97. The van der Waals surface area contributed by atoms with Crippen LogP contribution >= 0.6 is 23.2 Å². The predicted molar refractivity (Wildman–Crippen MR) is 139 cm³/mol. The molecule has 2 aromatic rings. The second-order valence-electron chi connectivity index (χ2n) is 9.00. The molecule has 2 heterocycles. The summed E-state index contributed by atoms with van der Waals surface area (Å²) in [6, 6.07) is 10.3. The molecule has 9 nitrogen and oxygen atoms in total. The molecule has 2 saturated heterocycles. The second kappa shape index (κ2) is 10.9. The fourth-order valence-electron chi connectivity index (χ4n) is 4.32. The largest absolute Gasteiger partial charge is 0.326 e. The summed E-state index contributed by atoms with van der Waals surface area (Å²) < 4.78 is 54.8. The van der Waals surface area contributed by atoms with E-state index in [0.717, 1.165) is 0 Å². The highest BCUT2D eigenvalue weighted by Crippen LogP contribution is 2.31. The average Bonchev–Trinajstić information content (AvgIpc) is 2.86. The Morgan fingerprint density at radius 2 is 1.56 bits per heavy atom. The molecule has 0 radical (unpaired) electrons. The number of benzene rings is 2. The molecule has 13 heteroatoms. The Labute approximate surface area is 222 Å². The van der Waals surface area contributed by atoms with E-state index in [1.54, 1.807) is 12.1 Å². The van der Waals surface area contributed by atoms with Crippen LogP contribution < -0.4 is 5.32 Å². The summed E-state index contributed by atoms with van der Waals surface area (Å²) in [5.41, 5.74) is 0.440. The van der Waals surface area contributed by atoms with E-state index >= 15 is 0 Å². The van der Waals surface area contributed by atoms with Gasteiger partial charge in [0.25, 0.3) is 0 Å². The smallest absolute Gasteiger partial charge is 0.244 e. The number of nitrogens with zero attached hydrogens (tertiary/aromatic N) is 3. The quantitative estimate of drug-likeness (QED) is 0.568. The van der Waals surface area contributed by atoms with Gasteiger partial charge in [0.1, 0.15) is 4.90 Å². The van der Waals surface area contributed by atoms with Crippen molar-refractivity contribution in [1.29, 1.82) is 0 Å². The molecule has 2 fully saturated rings. The minimum absolute atomic E-state index is 0.00682. The fraction of sp³-hybridized carbons (Fsp3) is 0.435. The van der Waals surface area contributed by atoms with Crippen LogP contribution in [0.2, 0.25) is 10.0 Å². The van der Waals surface area contributed by atoms with Crippen LogP contribution in [-0.4, -0.2) is 82.6 Å². The molecule has 1 unspecified atom stereocenters. The van der Waals surface area contributed by atoms with Crippen molar-refractivity contribution in [3.8, 4) is 0 Å². The van der Waals surface area contributed by atoms with Crippen LogP contribution in [0.25, 0.3) is 0 Å². The Kier molecular flexibility index (Phi) is 8.30. The SMILES string of the molecule is CN1CCN(S(=O)(=O)c2ccc(NC(=O)C3CCCN(S(=O)(=O)c4cc(Cl)ccc4Cl)C3)cc2)CC1. The third kappa shape index (κ3) is 5.88. The fourth-order valence-corrected chi connectivity index (χ4v) is 8.00. The summed E-state index contributed by atoms with van der Waals surface area (Å²) in [4.78, 5) is 15.1. The normalized spacial score (nSPS) is 20.8. The Morgan fingerprint density at radius 1 is 0.889 bits per heavy atom. The number of amides is 1. The van der Waals surface area contributed by atoms with Crippen molar-refractivity contribution in [3.05, 3.63) is 52.5 Å². The van der Waals surface area contributed by atoms with Crippen LogP contribution in [0.3, 0.4) is 0 Å². The first-order chi connectivity index (χ1) is 17.0. The summed E-state index contributed by atoms with van der Waals surface area (Å²) in [7, 11) is -5.58. The molecule has 0 bridgehead atoms. The number of rotatable bonds is 6. The van der Waals surface area contributed by atoms with Crippen LogP contribution in [0.4, 0.5) is 5.69 Å². The first-order valence-electron chi connectivity index (χ1n) is 11.5. The number of likely N-dealkylation sites (N-methyl/N-ethyl adjacent to an activating group) is 1. The lowest BCUT2D eigenvalue weighted by molar-refractivity contribution is -0.120. The van der Waals surface area contributed by atoms with Gasteiger partial charge in [0, 0.05) is 50.0 Å². The topological polar surface area (TPSA) is 107 Å². The van der Waals surface area contributed by atoms with Gasteiger partial charge < -0.3 is 10.2 Å². The lowest BCUT2D eigenvalue weighted by Gasteiger charge is -2.31. The van der Waals surface area contributed by atoms with Gasteiger partial charge in [-0.1, -0.05) is 23.2 Å². The van der Waals surface area contributed by atoms with Crippen molar-refractivity contribution in [2.45, 2.75) is 22.6 Å². The summed E-state index contributed by atoms with van der Waals surface area (Å²) in [6.45, 7) is 2.48. The Balaban J connectivity index is 1.42. The van der Waals surface area contributed by atoms with Gasteiger partial charge in [0.2, 0.25) is 26.0 Å².